The predicted octanol–water partition coefficient (Wildman–Crippen LogP) is 4.04. The zero-order chi connectivity index (χ0) is 23.2. The predicted molar refractivity (Wildman–Crippen MR) is 122 cm³/mol. The molecule has 1 atom stereocenters. The van der Waals surface area contributed by atoms with Gasteiger partial charge in [-0.2, -0.15) is 0 Å². The SMILES string of the molecule is O=C(NCC(=O)N(c1ccc(F)cc1)[C@@H](C(=O)NC1CCCC1)c1cccs1)c1ccco1. The molecule has 0 unspecified atom stereocenters. The average Bonchev–Trinajstić information content (AvgIpc) is 3.60. The first-order valence-corrected chi connectivity index (χ1v) is 11.6. The van der Waals surface area contributed by atoms with E-state index in [1.807, 2.05) is 11.4 Å². The maximum Gasteiger partial charge on any atom is 0.287 e. The molecule has 3 aromatic rings. The molecule has 2 heterocycles. The van der Waals surface area contributed by atoms with E-state index in [1.165, 1.54) is 52.8 Å². The minimum atomic E-state index is -0.955. The lowest BCUT2D eigenvalue weighted by atomic mass is 10.1. The minimum absolute atomic E-state index is 0.0591. The Bertz CT molecular complexity index is 1080. The molecule has 3 amide bonds. The van der Waals surface area contributed by atoms with Gasteiger partial charge in [0.25, 0.3) is 5.91 Å². The lowest BCUT2D eigenvalue weighted by Gasteiger charge is -2.31. The molecular weight excluding hydrogens is 445 g/mol. The molecule has 1 aliphatic carbocycles. The molecule has 7 nitrogen and oxygen atoms in total. The zero-order valence-electron chi connectivity index (χ0n) is 17.8. The molecule has 2 aromatic heterocycles. The van der Waals surface area contributed by atoms with E-state index in [0.717, 1.165) is 25.7 Å². The van der Waals surface area contributed by atoms with Crippen LogP contribution in [0.5, 0.6) is 0 Å². The van der Waals surface area contributed by atoms with Crippen LogP contribution in [0.1, 0.15) is 47.2 Å². The summed E-state index contributed by atoms with van der Waals surface area (Å²) in [4.78, 5) is 41.1. The summed E-state index contributed by atoms with van der Waals surface area (Å²) in [6.45, 7) is -0.366. The molecule has 172 valence electrons. The minimum Gasteiger partial charge on any atom is -0.459 e. The molecule has 0 saturated heterocycles. The number of carbonyl (C=O) groups is 3. The molecule has 1 saturated carbocycles. The summed E-state index contributed by atoms with van der Waals surface area (Å²) in [5, 5.41) is 7.43. The summed E-state index contributed by atoms with van der Waals surface area (Å²) in [5.41, 5.74) is 0.355. The summed E-state index contributed by atoms with van der Waals surface area (Å²) in [6, 6.07) is 11.1. The summed E-state index contributed by atoms with van der Waals surface area (Å²) in [7, 11) is 0. The van der Waals surface area contributed by atoms with Gasteiger partial charge in [0.1, 0.15) is 11.9 Å². The molecule has 9 heteroatoms. The number of carbonyl (C=O) groups excluding carboxylic acids is 3. The zero-order valence-corrected chi connectivity index (χ0v) is 18.6. The Morgan fingerprint density at radius 2 is 1.85 bits per heavy atom. The van der Waals surface area contributed by atoms with Gasteiger partial charge in [-0.05, 0) is 60.7 Å². The van der Waals surface area contributed by atoms with Crippen LogP contribution in [-0.2, 0) is 9.59 Å². The molecular formula is C24H24FN3O4S. The highest BCUT2D eigenvalue weighted by atomic mass is 32.1. The van der Waals surface area contributed by atoms with Gasteiger partial charge in [0.2, 0.25) is 11.8 Å². The highest BCUT2D eigenvalue weighted by molar-refractivity contribution is 7.10. The van der Waals surface area contributed by atoms with Gasteiger partial charge >= 0.3 is 0 Å². The van der Waals surface area contributed by atoms with Crippen LogP contribution in [0.4, 0.5) is 10.1 Å². The smallest absolute Gasteiger partial charge is 0.287 e. The molecule has 1 aliphatic rings. The number of hydrogen-bond donors (Lipinski definition) is 2. The number of thiophene rings is 1. The number of amides is 3. The van der Waals surface area contributed by atoms with Gasteiger partial charge in [-0.1, -0.05) is 18.9 Å². The van der Waals surface area contributed by atoms with E-state index < -0.39 is 23.7 Å². The fourth-order valence-corrected chi connectivity index (χ4v) is 4.76. The van der Waals surface area contributed by atoms with Gasteiger partial charge in [0.15, 0.2) is 5.76 Å². The number of anilines is 1. The first-order chi connectivity index (χ1) is 16.0. The van der Waals surface area contributed by atoms with Crippen molar-refractivity contribution in [2.24, 2.45) is 0 Å². The molecule has 33 heavy (non-hydrogen) atoms. The largest absolute Gasteiger partial charge is 0.459 e. The van der Waals surface area contributed by atoms with Crippen LogP contribution in [0.15, 0.2) is 64.6 Å². The van der Waals surface area contributed by atoms with Crippen LogP contribution in [0.2, 0.25) is 0 Å². The normalized spacial score (nSPS) is 14.6. The summed E-state index contributed by atoms with van der Waals surface area (Å²) in [5.74, 6) is -1.75. The lowest BCUT2D eigenvalue weighted by molar-refractivity contribution is -0.126. The number of furan rings is 1. The Labute approximate surface area is 194 Å². The van der Waals surface area contributed by atoms with E-state index in [9.17, 15) is 18.8 Å². The Balaban J connectivity index is 1.63. The topological polar surface area (TPSA) is 91.7 Å². The third-order valence-corrected chi connectivity index (χ3v) is 6.46. The second kappa shape index (κ2) is 10.4. The molecule has 0 bridgehead atoms. The fraction of sp³-hybridized carbons (Fsp3) is 0.292. The van der Waals surface area contributed by atoms with Crippen molar-refractivity contribution in [3.05, 3.63) is 76.6 Å². The maximum absolute atomic E-state index is 13.6. The van der Waals surface area contributed by atoms with Crippen molar-refractivity contribution < 1.29 is 23.2 Å². The van der Waals surface area contributed by atoms with Crippen LogP contribution in [0.25, 0.3) is 0 Å². The summed E-state index contributed by atoms with van der Waals surface area (Å²) >= 11 is 1.35. The van der Waals surface area contributed by atoms with Crippen molar-refractivity contribution in [2.75, 3.05) is 11.4 Å². The molecule has 2 N–H and O–H groups in total. The number of halogens is 1. The van der Waals surface area contributed by atoms with E-state index in [0.29, 0.717) is 10.6 Å². The number of rotatable bonds is 8. The van der Waals surface area contributed by atoms with Crippen LogP contribution in [0, 0.1) is 5.82 Å². The molecule has 1 aromatic carbocycles. The molecule has 1 fully saturated rings. The van der Waals surface area contributed by atoms with Crippen molar-refractivity contribution in [3.8, 4) is 0 Å². The summed E-state index contributed by atoms with van der Waals surface area (Å²) < 4.78 is 18.7. The Morgan fingerprint density at radius 1 is 1.09 bits per heavy atom. The first kappa shape index (κ1) is 22.7. The van der Waals surface area contributed by atoms with E-state index in [4.69, 9.17) is 4.42 Å². The van der Waals surface area contributed by atoms with Gasteiger partial charge in [-0.3, -0.25) is 19.3 Å². The van der Waals surface area contributed by atoms with Crippen LogP contribution < -0.4 is 15.5 Å². The van der Waals surface area contributed by atoms with Gasteiger partial charge in [0, 0.05) is 16.6 Å². The molecule has 0 spiro atoms. The first-order valence-electron chi connectivity index (χ1n) is 10.8. The number of nitrogens with zero attached hydrogens (tertiary/aromatic N) is 1. The van der Waals surface area contributed by atoms with Crippen LogP contribution in [0.3, 0.4) is 0 Å². The molecule has 4 rings (SSSR count). The van der Waals surface area contributed by atoms with E-state index in [1.54, 1.807) is 12.1 Å². The highest BCUT2D eigenvalue weighted by Crippen LogP contribution is 2.31. The van der Waals surface area contributed by atoms with Gasteiger partial charge in [-0.25, -0.2) is 4.39 Å². The Hall–Kier alpha value is -3.46. The number of hydrogen-bond acceptors (Lipinski definition) is 5. The molecule has 0 aliphatic heterocycles. The Morgan fingerprint density at radius 3 is 2.48 bits per heavy atom. The standard InChI is InChI=1S/C24H24FN3O4S/c25-16-9-11-18(12-10-16)28(21(29)15-26-23(30)19-7-3-13-32-19)22(20-8-4-14-33-20)24(31)27-17-5-1-2-6-17/h3-4,7-14,17,22H,1-2,5-6,15H2,(H,26,30)(H,27,31)/t22-/m1/s1. The number of nitrogens with one attached hydrogen (secondary N) is 2. The maximum atomic E-state index is 13.6. The van der Waals surface area contributed by atoms with Crippen molar-refractivity contribution in [3.63, 3.8) is 0 Å². The van der Waals surface area contributed by atoms with Gasteiger partial charge < -0.3 is 15.1 Å². The summed E-state index contributed by atoms with van der Waals surface area (Å²) in [6.07, 6.45) is 5.25. The monoisotopic (exact) mass is 469 g/mol. The van der Waals surface area contributed by atoms with Crippen molar-refractivity contribution in [2.45, 2.75) is 37.8 Å². The fourth-order valence-electron chi connectivity index (χ4n) is 3.95. The third kappa shape index (κ3) is 5.48. The van der Waals surface area contributed by atoms with Crippen LogP contribution in [-0.4, -0.2) is 30.3 Å². The highest BCUT2D eigenvalue weighted by Gasteiger charge is 2.35. The third-order valence-electron chi connectivity index (χ3n) is 5.54. The quantitative estimate of drug-likeness (QED) is 0.521. The van der Waals surface area contributed by atoms with E-state index in [2.05, 4.69) is 10.6 Å². The van der Waals surface area contributed by atoms with Crippen LogP contribution >= 0.6 is 11.3 Å². The van der Waals surface area contributed by atoms with Crippen molar-refractivity contribution in [1.82, 2.24) is 10.6 Å². The van der Waals surface area contributed by atoms with E-state index in [-0.39, 0.29) is 24.3 Å². The average molecular weight is 470 g/mol. The van der Waals surface area contributed by atoms with E-state index >= 15 is 0 Å². The second-order valence-electron chi connectivity index (χ2n) is 7.81. The Kier molecular flexibility index (Phi) is 7.19. The van der Waals surface area contributed by atoms with Gasteiger partial charge in [0.05, 0.1) is 12.8 Å². The number of benzene rings is 1. The second-order valence-corrected chi connectivity index (χ2v) is 8.79. The van der Waals surface area contributed by atoms with Gasteiger partial charge in [-0.15, -0.1) is 11.3 Å². The van der Waals surface area contributed by atoms with Crippen molar-refractivity contribution >= 4 is 34.7 Å². The van der Waals surface area contributed by atoms with Crippen molar-refractivity contribution in [1.29, 1.82) is 0 Å². The lowest BCUT2D eigenvalue weighted by Crippen LogP contribution is -2.49. The molecule has 0 radical (unpaired) electrons.